The molecule has 0 bridgehead atoms. The molecule has 0 spiro atoms. The quantitative estimate of drug-likeness (QED) is 0.912. The van der Waals surface area contributed by atoms with Crippen molar-refractivity contribution < 1.29 is 18.7 Å². The summed E-state index contributed by atoms with van der Waals surface area (Å²) in [5.74, 6) is -4.11. The first-order valence-corrected chi connectivity index (χ1v) is 8.27. The fourth-order valence-electron chi connectivity index (χ4n) is 3.30. The van der Waals surface area contributed by atoms with E-state index in [-0.39, 0.29) is 25.4 Å². The molecule has 0 aromatic heterocycles. The van der Waals surface area contributed by atoms with Crippen molar-refractivity contribution in [2.24, 2.45) is 11.3 Å². The summed E-state index contributed by atoms with van der Waals surface area (Å²) >= 11 is 5.87. The predicted octanol–water partition coefficient (Wildman–Crippen LogP) is 3.14. The van der Waals surface area contributed by atoms with E-state index in [1.807, 2.05) is 12.1 Å². The lowest BCUT2D eigenvalue weighted by atomic mass is 9.90. The van der Waals surface area contributed by atoms with Crippen LogP contribution in [-0.2, 0) is 11.2 Å². The average molecular weight is 344 g/mol. The molecule has 1 heterocycles. The molecular weight excluding hydrogens is 324 g/mol. The van der Waals surface area contributed by atoms with Gasteiger partial charge in [-0.15, -0.1) is 0 Å². The van der Waals surface area contributed by atoms with Crippen molar-refractivity contribution >= 4 is 17.5 Å². The van der Waals surface area contributed by atoms with E-state index in [0.717, 1.165) is 18.4 Å². The number of piperidine rings is 1. The van der Waals surface area contributed by atoms with E-state index >= 15 is 0 Å². The van der Waals surface area contributed by atoms with Gasteiger partial charge in [0.05, 0.1) is 17.9 Å². The monoisotopic (exact) mass is 343 g/mol. The first-order chi connectivity index (χ1) is 10.9. The van der Waals surface area contributed by atoms with Crippen molar-refractivity contribution in [2.45, 2.75) is 31.6 Å². The standard InChI is InChI=1S/C17H20ClF2NO2/c18-14-3-1-12(2-4-14)9-16(5-6-16)15(23)21-8-7-17(19,20)13(10-21)11-22/h1-4,13,22H,5-11H2. The van der Waals surface area contributed by atoms with Gasteiger partial charge in [-0.25, -0.2) is 8.78 Å². The number of likely N-dealkylation sites (tertiary alicyclic amines) is 1. The van der Waals surface area contributed by atoms with Gasteiger partial charge in [-0.2, -0.15) is 0 Å². The number of hydrogen-bond donors (Lipinski definition) is 1. The zero-order valence-electron chi connectivity index (χ0n) is 12.8. The number of nitrogens with zero attached hydrogens (tertiary/aromatic N) is 1. The smallest absolute Gasteiger partial charge is 0.256 e. The Morgan fingerprint density at radius 2 is 1.91 bits per heavy atom. The molecule has 3 nitrogen and oxygen atoms in total. The van der Waals surface area contributed by atoms with E-state index in [1.54, 1.807) is 12.1 Å². The van der Waals surface area contributed by atoms with Crippen molar-refractivity contribution in [2.75, 3.05) is 19.7 Å². The van der Waals surface area contributed by atoms with E-state index in [0.29, 0.717) is 11.4 Å². The van der Waals surface area contributed by atoms with Crippen LogP contribution in [0.1, 0.15) is 24.8 Å². The molecule has 2 aliphatic rings. The van der Waals surface area contributed by atoms with Gasteiger partial charge >= 0.3 is 0 Å². The Morgan fingerprint density at radius 1 is 1.26 bits per heavy atom. The van der Waals surface area contributed by atoms with Crippen LogP contribution in [-0.4, -0.2) is 41.5 Å². The number of carbonyl (C=O) groups is 1. The second-order valence-corrected chi connectivity index (χ2v) is 7.16. The van der Waals surface area contributed by atoms with Crippen molar-refractivity contribution in [3.63, 3.8) is 0 Å². The Morgan fingerprint density at radius 3 is 2.48 bits per heavy atom. The van der Waals surface area contributed by atoms with Gasteiger partial charge in [0, 0.05) is 24.5 Å². The van der Waals surface area contributed by atoms with Gasteiger partial charge in [-0.05, 0) is 37.0 Å². The summed E-state index contributed by atoms with van der Waals surface area (Å²) in [6.45, 7) is -0.601. The van der Waals surface area contributed by atoms with Gasteiger partial charge < -0.3 is 10.0 Å². The molecule has 1 aliphatic heterocycles. The summed E-state index contributed by atoms with van der Waals surface area (Å²) < 4.78 is 27.4. The predicted molar refractivity (Wildman–Crippen MR) is 83.5 cm³/mol. The summed E-state index contributed by atoms with van der Waals surface area (Å²) in [6.07, 6.45) is 1.80. The molecule has 1 amide bonds. The van der Waals surface area contributed by atoms with Crippen molar-refractivity contribution in [1.82, 2.24) is 4.90 Å². The fourth-order valence-corrected chi connectivity index (χ4v) is 3.43. The second kappa shape index (κ2) is 6.02. The third-order valence-corrected chi connectivity index (χ3v) is 5.28. The van der Waals surface area contributed by atoms with Gasteiger partial charge in [0.2, 0.25) is 5.91 Å². The number of hydrogen-bond acceptors (Lipinski definition) is 2. The molecule has 1 saturated carbocycles. The van der Waals surface area contributed by atoms with E-state index < -0.39 is 23.9 Å². The fraction of sp³-hybridized carbons (Fsp3) is 0.588. The molecule has 6 heteroatoms. The van der Waals surface area contributed by atoms with E-state index in [4.69, 9.17) is 11.6 Å². The van der Waals surface area contributed by atoms with Crippen LogP contribution in [0.2, 0.25) is 5.02 Å². The molecular formula is C17H20ClF2NO2. The average Bonchev–Trinajstić information content (AvgIpc) is 3.29. The number of amides is 1. The SMILES string of the molecule is O=C(N1CCC(F)(F)C(CO)C1)C1(Cc2ccc(Cl)cc2)CC1. The molecule has 23 heavy (non-hydrogen) atoms. The Hall–Kier alpha value is -1.20. The number of benzene rings is 1. The highest BCUT2D eigenvalue weighted by atomic mass is 35.5. The zero-order chi connectivity index (χ0) is 16.7. The third-order valence-electron chi connectivity index (χ3n) is 5.02. The Bertz CT molecular complexity index is 587. The lowest BCUT2D eigenvalue weighted by Gasteiger charge is -2.39. The Balaban J connectivity index is 1.69. The number of alkyl halides is 2. The summed E-state index contributed by atoms with van der Waals surface area (Å²) in [5, 5.41) is 9.82. The zero-order valence-corrected chi connectivity index (χ0v) is 13.5. The highest BCUT2D eigenvalue weighted by Crippen LogP contribution is 2.50. The van der Waals surface area contributed by atoms with Gasteiger partial charge in [-0.3, -0.25) is 4.79 Å². The first kappa shape index (κ1) is 16.7. The lowest BCUT2D eigenvalue weighted by Crippen LogP contribution is -2.52. The Labute approximate surface area is 139 Å². The Kier molecular flexibility index (Phi) is 4.36. The second-order valence-electron chi connectivity index (χ2n) is 6.73. The highest BCUT2D eigenvalue weighted by Gasteiger charge is 2.54. The molecule has 1 aromatic rings. The molecule has 1 N–H and O–H groups in total. The molecule has 126 valence electrons. The molecule has 1 aliphatic carbocycles. The van der Waals surface area contributed by atoms with Gasteiger partial charge in [-0.1, -0.05) is 23.7 Å². The maximum absolute atomic E-state index is 13.7. The van der Waals surface area contributed by atoms with Crippen LogP contribution < -0.4 is 0 Å². The van der Waals surface area contributed by atoms with Crippen molar-refractivity contribution in [1.29, 1.82) is 0 Å². The normalized spacial score (nSPS) is 25.2. The topological polar surface area (TPSA) is 40.5 Å². The summed E-state index contributed by atoms with van der Waals surface area (Å²) in [6, 6.07) is 7.38. The summed E-state index contributed by atoms with van der Waals surface area (Å²) in [7, 11) is 0. The minimum absolute atomic E-state index is 0.0543. The summed E-state index contributed by atoms with van der Waals surface area (Å²) in [4.78, 5) is 14.3. The largest absolute Gasteiger partial charge is 0.396 e. The van der Waals surface area contributed by atoms with Crippen LogP contribution in [0.4, 0.5) is 8.78 Å². The van der Waals surface area contributed by atoms with Crippen LogP contribution in [0, 0.1) is 11.3 Å². The lowest BCUT2D eigenvalue weighted by molar-refractivity contribution is -0.154. The molecule has 1 saturated heterocycles. The van der Waals surface area contributed by atoms with Crippen molar-refractivity contribution in [3.8, 4) is 0 Å². The molecule has 3 rings (SSSR count). The molecule has 0 radical (unpaired) electrons. The number of aliphatic hydroxyl groups excluding tert-OH is 1. The minimum atomic E-state index is -2.89. The number of rotatable bonds is 4. The summed E-state index contributed by atoms with van der Waals surface area (Å²) in [5.41, 5.74) is 0.571. The van der Waals surface area contributed by atoms with E-state index in [2.05, 4.69) is 0 Å². The maximum atomic E-state index is 13.7. The molecule has 2 fully saturated rings. The first-order valence-electron chi connectivity index (χ1n) is 7.89. The van der Waals surface area contributed by atoms with E-state index in [9.17, 15) is 18.7 Å². The molecule has 1 aromatic carbocycles. The van der Waals surface area contributed by atoms with Crippen LogP contribution in [0.3, 0.4) is 0 Å². The number of carbonyl (C=O) groups excluding carboxylic acids is 1. The van der Waals surface area contributed by atoms with E-state index in [1.165, 1.54) is 4.90 Å². The van der Waals surface area contributed by atoms with Gasteiger partial charge in [0.15, 0.2) is 0 Å². The van der Waals surface area contributed by atoms with Gasteiger partial charge in [0.25, 0.3) is 5.92 Å². The van der Waals surface area contributed by atoms with Crippen LogP contribution >= 0.6 is 11.6 Å². The van der Waals surface area contributed by atoms with Crippen LogP contribution in [0.15, 0.2) is 24.3 Å². The molecule has 1 unspecified atom stereocenters. The van der Waals surface area contributed by atoms with Crippen LogP contribution in [0.25, 0.3) is 0 Å². The number of halogens is 3. The molecule has 1 atom stereocenters. The number of aliphatic hydroxyl groups is 1. The third kappa shape index (κ3) is 3.36. The highest BCUT2D eigenvalue weighted by molar-refractivity contribution is 6.30. The minimum Gasteiger partial charge on any atom is -0.396 e. The van der Waals surface area contributed by atoms with Gasteiger partial charge in [0.1, 0.15) is 0 Å². The maximum Gasteiger partial charge on any atom is 0.256 e. The van der Waals surface area contributed by atoms with Crippen molar-refractivity contribution in [3.05, 3.63) is 34.9 Å². The van der Waals surface area contributed by atoms with Crippen LogP contribution in [0.5, 0.6) is 0 Å².